The van der Waals surface area contributed by atoms with Gasteiger partial charge >= 0.3 is 6.09 Å². The fraction of sp³-hybridized carbons (Fsp3) is 0.562. The van der Waals surface area contributed by atoms with Gasteiger partial charge in [-0.1, -0.05) is 12.1 Å². The number of amides is 1. The monoisotopic (exact) mass is 311 g/mol. The van der Waals surface area contributed by atoms with Crippen molar-refractivity contribution < 1.29 is 23.8 Å². The minimum atomic E-state index is -0.853. The lowest BCUT2D eigenvalue weighted by atomic mass is 9.95. The second-order valence-corrected chi connectivity index (χ2v) is 6.44. The Morgan fingerprint density at radius 2 is 2.18 bits per heavy atom. The smallest absolute Gasteiger partial charge is 0.410 e. The highest BCUT2D eigenvalue weighted by atomic mass is 19.1. The lowest BCUT2D eigenvalue weighted by molar-refractivity contribution is -0.0458. The number of carbonyl (C=O) groups is 1. The molecule has 0 bridgehead atoms. The predicted octanol–water partition coefficient (Wildman–Crippen LogP) is 2.80. The Kier molecular flexibility index (Phi) is 4.72. The van der Waals surface area contributed by atoms with E-state index in [1.54, 1.807) is 40.0 Å². The van der Waals surface area contributed by atoms with Crippen molar-refractivity contribution in [2.45, 2.75) is 38.6 Å². The molecule has 122 valence electrons. The van der Waals surface area contributed by atoms with Gasteiger partial charge in [0.1, 0.15) is 23.6 Å². The highest BCUT2D eigenvalue weighted by molar-refractivity contribution is 5.67. The molecular formula is C16H22FNO4. The Balaban J connectivity index is 2.15. The summed E-state index contributed by atoms with van der Waals surface area (Å²) in [6, 6.07) is 4.55. The third-order valence-electron chi connectivity index (χ3n) is 3.37. The average molecular weight is 311 g/mol. The Bertz CT molecular complexity index is 556. The maximum Gasteiger partial charge on any atom is 0.410 e. The lowest BCUT2D eigenvalue weighted by Crippen LogP contribution is -2.38. The van der Waals surface area contributed by atoms with Gasteiger partial charge in [0.05, 0.1) is 13.2 Å². The number of rotatable bonds is 2. The van der Waals surface area contributed by atoms with E-state index in [0.717, 1.165) is 0 Å². The second kappa shape index (κ2) is 6.22. The number of hydrogen-bond donors (Lipinski definition) is 1. The van der Waals surface area contributed by atoms with E-state index in [4.69, 9.17) is 9.47 Å². The molecule has 1 aromatic carbocycles. The molecule has 1 N–H and O–H groups in total. The van der Waals surface area contributed by atoms with E-state index < -0.39 is 29.7 Å². The van der Waals surface area contributed by atoms with Gasteiger partial charge in [0.15, 0.2) is 0 Å². The number of fused-ring (bicyclic) bond motifs is 1. The number of ether oxygens (including phenoxy) is 2. The maximum absolute atomic E-state index is 14.1. The molecule has 0 spiro atoms. The third kappa shape index (κ3) is 3.75. The summed E-state index contributed by atoms with van der Waals surface area (Å²) in [4.78, 5) is 13.3. The van der Waals surface area contributed by atoms with E-state index in [0.29, 0.717) is 11.1 Å². The van der Waals surface area contributed by atoms with Gasteiger partial charge in [0, 0.05) is 12.6 Å². The summed E-state index contributed by atoms with van der Waals surface area (Å²) in [5.74, 6) is -0.446. The molecule has 0 aliphatic carbocycles. The third-order valence-corrected chi connectivity index (χ3v) is 3.37. The molecule has 6 heteroatoms. The minimum absolute atomic E-state index is 0.0727. The van der Waals surface area contributed by atoms with Crippen LogP contribution in [0.3, 0.4) is 0 Å². The lowest BCUT2D eigenvalue weighted by Gasteiger charge is -2.33. The van der Waals surface area contributed by atoms with Crippen LogP contribution in [0, 0.1) is 5.82 Å². The molecule has 0 fully saturated rings. The van der Waals surface area contributed by atoms with Crippen molar-refractivity contribution in [3.05, 3.63) is 35.1 Å². The van der Waals surface area contributed by atoms with Gasteiger partial charge in [0.2, 0.25) is 0 Å². The van der Waals surface area contributed by atoms with Crippen LogP contribution in [0.2, 0.25) is 0 Å². The quantitative estimate of drug-likeness (QED) is 0.912. The Labute approximate surface area is 129 Å². The molecule has 2 atom stereocenters. The Morgan fingerprint density at radius 3 is 2.82 bits per heavy atom. The molecular weight excluding hydrogens is 289 g/mol. The van der Waals surface area contributed by atoms with Crippen LogP contribution in [0.5, 0.6) is 0 Å². The molecule has 0 radical (unpaired) electrons. The SMILES string of the molecule is CN(C[C@H]1OC[C@@H](O)c2cccc(F)c21)C(=O)OC(C)(C)C. The fourth-order valence-electron chi connectivity index (χ4n) is 2.37. The zero-order valence-corrected chi connectivity index (χ0v) is 13.3. The Hall–Kier alpha value is -1.66. The van der Waals surface area contributed by atoms with Crippen molar-refractivity contribution in [3.8, 4) is 0 Å². The van der Waals surface area contributed by atoms with E-state index >= 15 is 0 Å². The number of hydrogen-bond acceptors (Lipinski definition) is 4. The van der Waals surface area contributed by atoms with E-state index in [1.807, 2.05) is 0 Å². The van der Waals surface area contributed by atoms with Crippen LogP contribution in [-0.2, 0) is 9.47 Å². The summed E-state index contributed by atoms with van der Waals surface area (Å²) in [6.07, 6.45) is -1.98. The van der Waals surface area contributed by atoms with Gasteiger partial charge in [-0.25, -0.2) is 9.18 Å². The summed E-state index contributed by atoms with van der Waals surface area (Å²) in [7, 11) is 1.57. The first-order valence-electron chi connectivity index (χ1n) is 7.21. The first kappa shape index (κ1) is 16.7. The summed E-state index contributed by atoms with van der Waals surface area (Å²) >= 11 is 0. The number of benzene rings is 1. The van der Waals surface area contributed by atoms with Crippen LogP contribution in [0.15, 0.2) is 18.2 Å². The standard InChI is InChI=1S/C16H22FNO4/c1-16(2,3)22-15(20)18(4)8-13-14-10(12(19)9-21-13)6-5-7-11(14)17/h5-7,12-13,19H,8-9H2,1-4H3/t12-,13-/m1/s1. The minimum Gasteiger partial charge on any atom is -0.444 e. The molecule has 0 unspecified atom stereocenters. The number of halogens is 1. The van der Waals surface area contributed by atoms with E-state index in [-0.39, 0.29) is 13.2 Å². The fourth-order valence-corrected chi connectivity index (χ4v) is 2.37. The predicted molar refractivity (Wildman–Crippen MR) is 78.9 cm³/mol. The number of carbonyl (C=O) groups excluding carboxylic acids is 1. The molecule has 2 rings (SSSR count). The van der Waals surface area contributed by atoms with Gasteiger partial charge in [-0.05, 0) is 32.4 Å². The first-order chi connectivity index (χ1) is 10.2. The molecule has 22 heavy (non-hydrogen) atoms. The van der Waals surface area contributed by atoms with Crippen molar-refractivity contribution in [1.82, 2.24) is 4.90 Å². The van der Waals surface area contributed by atoms with E-state index in [9.17, 15) is 14.3 Å². The first-order valence-corrected chi connectivity index (χ1v) is 7.21. The molecule has 1 aromatic rings. The average Bonchev–Trinajstić information content (AvgIpc) is 2.40. The normalized spacial score (nSPS) is 21.2. The number of aliphatic hydroxyl groups is 1. The largest absolute Gasteiger partial charge is 0.444 e. The summed E-state index contributed by atoms with van der Waals surface area (Å²) in [5.41, 5.74) is 0.212. The molecule has 1 amide bonds. The van der Waals surface area contributed by atoms with Crippen molar-refractivity contribution >= 4 is 6.09 Å². The number of aliphatic hydroxyl groups excluding tert-OH is 1. The number of likely N-dealkylation sites (N-methyl/N-ethyl adjacent to an activating group) is 1. The summed E-state index contributed by atoms with van der Waals surface area (Å²) < 4.78 is 24.9. The van der Waals surface area contributed by atoms with Crippen molar-refractivity contribution in [2.75, 3.05) is 20.2 Å². The van der Waals surface area contributed by atoms with Crippen LogP contribution < -0.4 is 0 Å². The zero-order valence-electron chi connectivity index (χ0n) is 13.3. The van der Waals surface area contributed by atoms with Crippen LogP contribution in [0.4, 0.5) is 9.18 Å². The molecule has 1 heterocycles. The topological polar surface area (TPSA) is 59.0 Å². The second-order valence-electron chi connectivity index (χ2n) is 6.44. The van der Waals surface area contributed by atoms with Gasteiger partial charge < -0.3 is 19.5 Å². The van der Waals surface area contributed by atoms with Gasteiger partial charge in [-0.2, -0.15) is 0 Å². The van der Waals surface area contributed by atoms with E-state index in [2.05, 4.69) is 0 Å². The highest BCUT2D eigenvalue weighted by Gasteiger charge is 2.31. The number of nitrogens with zero attached hydrogens (tertiary/aromatic N) is 1. The van der Waals surface area contributed by atoms with Crippen molar-refractivity contribution in [3.63, 3.8) is 0 Å². The van der Waals surface area contributed by atoms with Crippen LogP contribution >= 0.6 is 0 Å². The summed E-state index contributed by atoms with van der Waals surface area (Å²) in [5, 5.41) is 9.90. The van der Waals surface area contributed by atoms with Crippen LogP contribution in [-0.4, -0.2) is 41.9 Å². The van der Waals surface area contributed by atoms with Crippen molar-refractivity contribution in [2.24, 2.45) is 0 Å². The molecule has 1 aliphatic rings. The molecule has 1 aliphatic heterocycles. The highest BCUT2D eigenvalue weighted by Crippen LogP contribution is 2.34. The molecule has 0 saturated heterocycles. The van der Waals surface area contributed by atoms with Crippen LogP contribution in [0.1, 0.15) is 44.1 Å². The van der Waals surface area contributed by atoms with E-state index in [1.165, 1.54) is 11.0 Å². The van der Waals surface area contributed by atoms with Gasteiger partial charge in [-0.3, -0.25) is 0 Å². The molecule has 0 saturated carbocycles. The zero-order chi connectivity index (χ0) is 16.5. The molecule has 5 nitrogen and oxygen atoms in total. The van der Waals surface area contributed by atoms with Gasteiger partial charge in [-0.15, -0.1) is 0 Å². The van der Waals surface area contributed by atoms with Crippen LogP contribution in [0.25, 0.3) is 0 Å². The summed E-state index contributed by atoms with van der Waals surface area (Å²) in [6.45, 7) is 5.56. The maximum atomic E-state index is 14.1. The molecule has 0 aromatic heterocycles. The Morgan fingerprint density at radius 1 is 1.50 bits per heavy atom. The van der Waals surface area contributed by atoms with Gasteiger partial charge in [0.25, 0.3) is 0 Å². The van der Waals surface area contributed by atoms with Crippen molar-refractivity contribution in [1.29, 1.82) is 0 Å².